The van der Waals surface area contributed by atoms with Gasteiger partial charge < -0.3 is 23.8 Å². The van der Waals surface area contributed by atoms with E-state index in [9.17, 15) is 0 Å². The van der Waals surface area contributed by atoms with Crippen molar-refractivity contribution in [3.63, 3.8) is 0 Å². The molecule has 1 rings (SSSR count). The summed E-state index contributed by atoms with van der Waals surface area (Å²) >= 11 is 0. The summed E-state index contributed by atoms with van der Waals surface area (Å²) in [5, 5.41) is 0. The molecule has 1 N–H and O–H groups in total. The van der Waals surface area contributed by atoms with Gasteiger partial charge >= 0.3 is 0 Å². The molecule has 1 fully saturated rings. The number of nitrogens with one attached hydrogen (secondary N) is 1. The van der Waals surface area contributed by atoms with Crippen LogP contribution in [0, 0.1) is 0 Å². The number of ether oxygens (including phenoxy) is 4. The van der Waals surface area contributed by atoms with E-state index in [0.717, 1.165) is 32.8 Å². The minimum atomic E-state index is -0.226. The highest BCUT2D eigenvalue weighted by Crippen LogP contribution is 1.94. The third kappa shape index (κ3) is 5.77. The predicted octanol–water partition coefficient (Wildman–Crippen LogP) is -1.07. The molecule has 0 saturated carbocycles. The van der Waals surface area contributed by atoms with Crippen molar-refractivity contribution in [2.75, 3.05) is 59.8 Å². The molecule has 1 aliphatic heterocycles. The van der Waals surface area contributed by atoms with E-state index in [1.807, 2.05) is 6.92 Å². The molecule has 0 aromatic heterocycles. The average Bonchev–Trinajstić information content (AvgIpc) is 2.31. The number of hydrogen-bond donors (Lipinski definition) is 1. The molecule has 0 amide bonds. The molecular weight excluding hydrogens is 210 g/mol. The van der Waals surface area contributed by atoms with Crippen molar-refractivity contribution in [2.24, 2.45) is 0 Å². The van der Waals surface area contributed by atoms with Crippen molar-refractivity contribution in [1.29, 1.82) is 0 Å². The molecule has 16 heavy (non-hydrogen) atoms. The monoisotopic (exact) mass is 234 g/mol. The molecule has 5 nitrogen and oxygen atoms in total. The lowest BCUT2D eigenvalue weighted by atomic mass is 10.4. The van der Waals surface area contributed by atoms with Gasteiger partial charge in [-0.1, -0.05) is 0 Å². The van der Waals surface area contributed by atoms with Crippen LogP contribution >= 0.6 is 0 Å². The van der Waals surface area contributed by atoms with Crippen molar-refractivity contribution >= 4 is 0 Å². The van der Waals surface area contributed by atoms with Gasteiger partial charge in [-0.25, -0.2) is 0 Å². The maximum atomic E-state index is 5.62. The Hall–Kier alpha value is -0.200. The third-order valence-corrected chi connectivity index (χ3v) is 2.61. The molecule has 0 aliphatic carbocycles. The van der Waals surface area contributed by atoms with E-state index in [1.54, 1.807) is 12.0 Å². The molecule has 1 aliphatic rings. The lowest BCUT2D eigenvalue weighted by Gasteiger charge is -2.24. The minimum absolute atomic E-state index is 0.226. The van der Waals surface area contributed by atoms with Gasteiger partial charge in [0.15, 0.2) is 6.29 Å². The lowest BCUT2D eigenvalue weighted by Crippen LogP contribution is -3.14. The quantitative estimate of drug-likeness (QED) is 0.543. The summed E-state index contributed by atoms with van der Waals surface area (Å²) in [5.41, 5.74) is 0. The summed E-state index contributed by atoms with van der Waals surface area (Å²) in [6.45, 7) is 8.70. The first-order valence-corrected chi connectivity index (χ1v) is 6.00. The number of morpholine rings is 1. The normalized spacial score (nSPS) is 19.9. The third-order valence-electron chi connectivity index (χ3n) is 2.61. The van der Waals surface area contributed by atoms with E-state index in [2.05, 4.69) is 0 Å². The van der Waals surface area contributed by atoms with Gasteiger partial charge in [0.25, 0.3) is 0 Å². The number of hydrogen-bond acceptors (Lipinski definition) is 4. The first-order chi connectivity index (χ1) is 7.86. The van der Waals surface area contributed by atoms with Gasteiger partial charge in [0.2, 0.25) is 0 Å². The zero-order valence-corrected chi connectivity index (χ0v) is 10.4. The fourth-order valence-corrected chi connectivity index (χ4v) is 1.71. The summed E-state index contributed by atoms with van der Waals surface area (Å²) in [4.78, 5) is 1.54. The molecule has 0 aromatic rings. The SMILES string of the molecule is CCOC(COC)OCC[NH+]1CCOCC1. The number of quaternary nitrogens is 1. The smallest absolute Gasteiger partial charge is 0.181 e. The van der Waals surface area contributed by atoms with Crippen molar-refractivity contribution in [2.45, 2.75) is 13.2 Å². The highest BCUT2D eigenvalue weighted by atomic mass is 16.7. The van der Waals surface area contributed by atoms with E-state index in [-0.39, 0.29) is 6.29 Å². The second-order valence-electron chi connectivity index (χ2n) is 3.82. The lowest BCUT2D eigenvalue weighted by molar-refractivity contribution is -0.908. The van der Waals surface area contributed by atoms with E-state index in [4.69, 9.17) is 18.9 Å². The van der Waals surface area contributed by atoms with Gasteiger partial charge in [-0.15, -0.1) is 0 Å². The summed E-state index contributed by atoms with van der Waals surface area (Å²) in [6.07, 6.45) is -0.226. The number of methoxy groups -OCH3 is 1. The zero-order chi connectivity index (χ0) is 11.6. The Labute approximate surface area is 97.6 Å². The molecule has 0 bridgehead atoms. The van der Waals surface area contributed by atoms with Crippen LogP contribution in [0.1, 0.15) is 6.92 Å². The maximum Gasteiger partial charge on any atom is 0.181 e. The molecular formula is C11H24NO4+. The highest BCUT2D eigenvalue weighted by molar-refractivity contribution is 4.43. The zero-order valence-electron chi connectivity index (χ0n) is 10.4. The van der Waals surface area contributed by atoms with E-state index >= 15 is 0 Å². The van der Waals surface area contributed by atoms with Crippen LogP contribution in [0.4, 0.5) is 0 Å². The molecule has 0 radical (unpaired) electrons. The summed E-state index contributed by atoms with van der Waals surface area (Å²) in [6, 6.07) is 0. The van der Waals surface area contributed by atoms with Crippen LogP contribution in [-0.4, -0.2) is 66.1 Å². The van der Waals surface area contributed by atoms with Gasteiger partial charge in [-0.3, -0.25) is 0 Å². The maximum absolute atomic E-state index is 5.62. The van der Waals surface area contributed by atoms with Gasteiger partial charge in [-0.05, 0) is 6.92 Å². The predicted molar refractivity (Wildman–Crippen MR) is 59.6 cm³/mol. The van der Waals surface area contributed by atoms with Crippen molar-refractivity contribution in [1.82, 2.24) is 0 Å². The fraction of sp³-hybridized carbons (Fsp3) is 1.00. The average molecular weight is 234 g/mol. The van der Waals surface area contributed by atoms with E-state index in [0.29, 0.717) is 19.8 Å². The topological polar surface area (TPSA) is 41.4 Å². The molecule has 1 heterocycles. The second-order valence-corrected chi connectivity index (χ2v) is 3.82. The Morgan fingerprint density at radius 3 is 2.62 bits per heavy atom. The first-order valence-electron chi connectivity index (χ1n) is 6.00. The Morgan fingerprint density at radius 1 is 1.25 bits per heavy atom. The highest BCUT2D eigenvalue weighted by Gasteiger charge is 2.15. The van der Waals surface area contributed by atoms with Crippen LogP contribution in [0.15, 0.2) is 0 Å². The Balaban J connectivity index is 2.06. The Kier molecular flexibility index (Phi) is 7.71. The largest absolute Gasteiger partial charge is 0.379 e. The van der Waals surface area contributed by atoms with E-state index in [1.165, 1.54) is 0 Å². The van der Waals surface area contributed by atoms with Crippen LogP contribution < -0.4 is 4.90 Å². The first kappa shape index (κ1) is 13.9. The molecule has 96 valence electrons. The molecule has 1 unspecified atom stereocenters. The Morgan fingerprint density at radius 2 is 2.00 bits per heavy atom. The van der Waals surface area contributed by atoms with Gasteiger partial charge in [0, 0.05) is 13.7 Å². The van der Waals surface area contributed by atoms with Crippen LogP contribution in [0.25, 0.3) is 0 Å². The molecule has 1 saturated heterocycles. The summed E-state index contributed by atoms with van der Waals surface area (Å²) < 4.78 is 21.3. The van der Waals surface area contributed by atoms with E-state index < -0.39 is 0 Å². The second kappa shape index (κ2) is 8.90. The van der Waals surface area contributed by atoms with Crippen LogP contribution in [0.3, 0.4) is 0 Å². The van der Waals surface area contributed by atoms with Crippen LogP contribution in [0.2, 0.25) is 0 Å². The molecule has 0 aromatic carbocycles. The minimum Gasteiger partial charge on any atom is -0.379 e. The molecule has 0 spiro atoms. The van der Waals surface area contributed by atoms with Gasteiger partial charge in [-0.2, -0.15) is 0 Å². The number of rotatable bonds is 8. The Bertz CT molecular complexity index is 156. The van der Waals surface area contributed by atoms with Crippen LogP contribution in [0.5, 0.6) is 0 Å². The van der Waals surface area contributed by atoms with Gasteiger partial charge in [0.05, 0.1) is 26.4 Å². The van der Waals surface area contributed by atoms with Crippen LogP contribution in [-0.2, 0) is 18.9 Å². The van der Waals surface area contributed by atoms with Crippen molar-refractivity contribution in [3.05, 3.63) is 0 Å². The van der Waals surface area contributed by atoms with Crippen molar-refractivity contribution in [3.8, 4) is 0 Å². The molecule has 5 heteroatoms. The summed E-state index contributed by atoms with van der Waals surface area (Å²) in [7, 11) is 1.66. The summed E-state index contributed by atoms with van der Waals surface area (Å²) in [5.74, 6) is 0. The standard InChI is InChI=1S/C11H23NO4/c1-3-15-11(10-13-2)16-9-6-12-4-7-14-8-5-12/h11H,3-10H2,1-2H3/p+1. The molecule has 1 atom stereocenters. The van der Waals surface area contributed by atoms with Gasteiger partial charge in [0.1, 0.15) is 19.6 Å². The van der Waals surface area contributed by atoms with Crippen molar-refractivity contribution < 1.29 is 23.8 Å². The fourth-order valence-electron chi connectivity index (χ4n) is 1.71.